The molecule has 9 nitrogen and oxygen atoms in total. The molecule has 1 N–H and O–H groups in total. The van der Waals surface area contributed by atoms with E-state index in [0.717, 1.165) is 5.56 Å². The number of allylic oxidation sites excluding steroid dienone is 1. The van der Waals surface area contributed by atoms with Gasteiger partial charge in [0.2, 0.25) is 5.82 Å². The van der Waals surface area contributed by atoms with Crippen LogP contribution in [0.3, 0.4) is 0 Å². The maximum atomic E-state index is 13.3. The Morgan fingerprint density at radius 1 is 1.35 bits per heavy atom. The van der Waals surface area contributed by atoms with E-state index in [9.17, 15) is 22.8 Å². The van der Waals surface area contributed by atoms with Crippen LogP contribution in [0.25, 0.3) is 0 Å². The number of hydrogen-bond donors (Lipinski definition) is 1. The standard InChI is InChI=1S/C22H24F3N7O2/c1-26-32-10-9-17(21(34)30(2)18(32)8-5-15-11-22(15,24)25)28-20(33)19-27-13-31(29-19)12-14-3-6-16(23)7-4-14/h3-4,6-8,13,15,17H,1,5,9-12H2,2H3,(H,28,33)/b18-8-/t15?,17-/m1/s1. The number of amides is 2. The first kappa shape index (κ1) is 23.5. The number of aromatic nitrogens is 3. The van der Waals surface area contributed by atoms with Gasteiger partial charge in [-0.15, -0.1) is 5.10 Å². The van der Waals surface area contributed by atoms with Crippen molar-refractivity contribution in [3.63, 3.8) is 0 Å². The summed E-state index contributed by atoms with van der Waals surface area (Å²) in [5.41, 5.74) is 0.777. The van der Waals surface area contributed by atoms with Crippen LogP contribution in [0.2, 0.25) is 0 Å². The van der Waals surface area contributed by atoms with E-state index in [1.807, 2.05) is 0 Å². The molecule has 2 heterocycles. The average molecular weight is 475 g/mol. The number of alkyl halides is 2. The molecule has 4 rings (SSSR count). The van der Waals surface area contributed by atoms with Gasteiger partial charge >= 0.3 is 0 Å². The topological polar surface area (TPSA) is 95.7 Å². The van der Waals surface area contributed by atoms with Gasteiger partial charge in [0.25, 0.3) is 17.7 Å². The Morgan fingerprint density at radius 2 is 2.06 bits per heavy atom. The number of halogens is 3. The van der Waals surface area contributed by atoms with Crippen LogP contribution in [0.15, 0.2) is 47.6 Å². The number of carbonyl (C=O) groups is 2. The van der Waals surface area contributed by atoms with Gasteiger partial charge in [-0.2, -0.15) is 5.10 Å². The second-order valence-corrected chi connectivity index (χ2v) is 8.33. The highest BCUT2D eigenvalue weighted by molar-refractivity contribution is 5.95. The number of likely N-dealkylation sites (N-methyl/N-ethyl adjacent to an activating group) is 1. The molecule has 2 atom stereocenters. The molecule has 1 saturated carbocycles. The van der Waals surface area contributed by atoms with Crippen LogP contribution in [0.5, 0.6) is 0 Å². The number of carbonyl (C=O) groups excluding carboxylic acids is 2. The van der Waals surface area contributed by atoms with Crippen LogP contribution in [0.4, 0.5) is 13.2 Å². The highest BCUT2D eigenvalue weighted by atomic mass is 19.3. The highest BCUT2D eigenvalue weighted by Gasteiger charge is 2.55. The Labute approximate surface area is 193 Å². The lowest BCUT2D eigenvalue weighted by Gasteiger charge is -2.26. The predicted octanol–water partition coefficient (Wildman–Crippen LogP) is 2.23. The van der Waals surface area contributed by atoms with E-state index in [1.165, 1.54) is 40.1 Å². The molecule has 2 aromatic rings. The van der Waals surface area contributed by atoms with Crippen molar-refractivity contribution in [1.29, 1.82) is 0 Å². The van der Waals surface area contributed by atoms with E-state index >= 15 is 0 Å². The summed E-state index contributed by atoms with van der Waals surface area (Å²) in [5.74, 6) is -4.58. The third-order valence-electron chi connectivity index (χ3n) is 5.88. The van der Waals surface area contributed by atoms with Gasteiger partial charge in [-0.25, -0.2) is 22.8 Å². The van der Waals surface area contributed by atoms with Crippen LogP contribution in [-0.4, -0.2) is 68.8 Å². The Morgan fingerprint density at radius 3 is 2.71 bits per heavy atom. The first-order valence-corrected chi connectivity index (χ1v) is 10.7. The molecule has 1 aliphatic carbocycles. The van der Waals surface area contributed by atoms with Gasteiger partial charge in [-0.1, -0.05) is 12.1 Å². The van der Waals surface area contributed by atoms with Crippen molar-refractivity contribution < 1.29 is 22.8 Å². The Kier molecular flexibility index (Phi) is 6.40. The highest BCUT2D eigenvalue weighted by Crippen LogP contribution is 2.51. The van der Waals surface area contributed by atoms with E-state index < -0.39 is 29.7 Å². The van der Waals surface area contributed by atoms with Crippen LogP contribution in [0.1, 0.15) is 35.4 Å². The summed E-state index contributed by atoms with van der Waals surface area (Å²) in [4.78, 5) is 31.0. The molecule has 1 unspecified atom stereocenters. The number of rotatable bonds is 7. The summed E-state index contributed by atoms with van der Waals surface area (Å²) in [6.45, 7) is 4.05. The zero-order chi connectivity index (χ0) is 24.5. The van der Waals surface area contributed by atoms with E-state index in [0.29, 0.717) is 12.4 Å². The van der Waals surface area contributed by atoms with E-state index in [1.54, 1.807) is 18.2 Å². The summed E-state index contributed by atoms with van der Waals surface area (Å²) in [7, 11) is 1.50. The fraction of sp³-hybridized carbons (Fsp3) is 0.409. The van der Waals surface area contributed by atoms with Gasteiger partial charge in [0.15, 0.2) is 0 Å². The van der Waals surface area contributed by atoms with Crippen LogP contribution in [0, 0.1) is 11.7 Å². The molecule has 0 bridgehead atoms. The van der Waals surface area contributed by atoms with E-state index in [4.69, 9.17) is 0 Å². The first-order valence-electron chi connectivity index (χ1n) is 10.7. The lowest BCUT2D eigenvalue weighted by atomic mass is 10.2. The fourth-order valence-corrected chi connectivity index (χ4v) is 3.78. The SMILES string of the molecule is C=NN1CC[C@@H](NC(=O)c2ncn(Cc3ccc(F)cc3)n2)C(=O)N(C)/C1=C/CC1CC1(F)F. The van der Waals surface area contributed by atoms with Crippen molar-refractivity contribution in [2.24, 2.45) is 11.0 Å². The van der Waals surface area contributed by atoms with Gasteiger partial charge in [-0.3, -0.25) is 19.5 Å². The van der Waals surface area contributed by atoms with Crippen molar-refractivity contribution in [1.82, 2.24) is 30.0 Å². The van der Waals surface area contributed by atoms with Gasteiger partial charge < -0.3 is 5.32 Å². The molecule has 2 fully saturated rings. The summed E-state index contributed by atoms with van der Waals surface area (Å²) >= 11 is 0. The molecular weight excluding hydrogens is 451 g/mol. The fourth-order valence-electron chi connectivity index (χ4n) is 3.78. The van der Waals surface area contributed by atoms with E-state index in [2.05, 4.69) is 27.2 Å². The van der Waals surface area contributed by atoms with E-state index in [-0.39, 0.29) is 37.4 Å². The second-order valence-electron chi connectivity index (χ2n) is 8.33. The van der Waals surface area contributed by atoms with Gasteiger partial charge in [0, 0.05) is 32.6 Å². The van der Waals surface area contributed by atoms with Crippen molar-refractivity contribution in [2.75, 3.05) is 13.6 Å². The summed E-state index contributed by atoms with van der Waals surface area (Å²) in [6.07, 6.45) is 3.09. The minimum absolute atomic E-state index is 0.110. The zero-order valence-electron chi connectivity index (χ0n) is 18.5. The minimum atomic E-state index is -2.67. The number of hydrogen-bond acceptors (Lipinski definition) is 6. The molecule has 1 aliphatic heterocycles. The molecule has 12 heteroatoms. The Bertz CT molecular complexity index is 1120. The molecular formula is C22H24F3N7O2. The van der Waals surface area contributed by atoms with Crippen LogP contribution in [-0.2, 0) is 11.3 Å². The third kappa shape index (κ3) is 5.10. The van der Waals surface area contributed by atoms with Crippen LogP contribution < -0.4 is 5.32 Å². The van der Waals surface area contributed by atoms with Crippen molar-refractivity contribution >= 4 is 18.5 Å². The molecule has 34 heavy (non-hydrogen) atoms. The molecule has 1 aromatic heterocycles. The lowest BCUT2D eigenvalue weighted by molar-refractivity contribution is -0.130. The molecule has 1 aromatic carbocycles. The Hall–Kier alpha value is -3.70. The number of nitrogens with zero attached hydrogens (tertiary/aromatic N) is 6. The first-order chi connectivity index (χ1) is 16.2. The summed E-state index contributed by atoms with van der Waals surface area (Å²) in [6, 6.07) is 4.97. The third-order valence-corrected chi connectivity index (χ3v) is 5.88. The molecule has 1 saturated heterocycles. The lowest BCUT2D eigenvalue weighted by Crippen LogP contribution is -2.46. The number of nitrogens with one attached hydrogen (secondary N) is 1. The largest absolute Gasteiger partial charge is 0.337 e. The number of hydrazone groups is 1. The summed E-state index contributed by atoms with van der Waals surface area (Å²) < 4.78 is 41.0. The average Bonchev–Trinajstić information content (AvgIpc) is 3.21. The van der Waals surface area contributed by atoms with Gasteiger partial charge in [0.1, 0.15) is 24.0 Å². The minimum Gasteiger partial charge on any atom is -0.337 e. The van der Waals surface area contributed by atoms with Crippen molar-refractivity contribution in [3.8, 4) is 0 Å². The summed E-state index contributed by atoms with van der Waals surface area (Å²) in [5, 5.41) is 12.1. The predicted molar refractivity (Wildman–Crippen MR) is 116 cm³/mol. The van der Waals surface area contributed by atoms with Crippen LogP contribution >= 0.6 is 0 Å². The Balaban J connectivity index is 1.41. The second kappa shape index (κ2) is 9.27. The molecule has 2 amide bonds. The molecule has 180 valence electrons. The van der Waals surface area contributed by atoms with Crippen molar-refractivity contribution in [2.45, 2.75) is 37.8 Å². The van der Waals surface area contributed by atoms with Gasteiger partial charge in [0.05, 0.1) is 6.54 Å². The maximum absolute atomic E-state index is 13.3. The molecule has 2 aliphatic rings. The van der Waals surface area contributed by atoms with Crippen molar-refractivity contribution in [3.05, 3.63) is 59.7 Å². The molecule has 0 radical (unpaired) electrons. The normalized spacial score (nSPS) is 23.1. The molecule has 0 spiro atoms. The quantitative estimate of drug-likeness (QED) is 0.620. The maximum Gasteiger partial charge on any atom is 0.291 e. The smallest absolute Gasteiger partial charge is 0.291 e. The van der Waals surface area contributed by atoms with Gasteiger partial charge in [-0.05, 0) is 36.6 Å². The zero-order valence-corrected chi connectivity index (χ0v) is 18.5. The number of benzene rings is 1. The monoisotopic (exact) mass is 475 g/mol.